The van der Waals surface area contributed by atoms with Crippen molar-refractivity contribution in [2.45, 2.75) is 26.3 Å². The van der Waals surface area contributed by atoms with Crippen LogP contribution in [0.1, 0.15) is 36.8 Å². The van der Waals surface area contributed by atoms with Crippen LogP contribution in [0.2, 0.25) is 0 Å². The van der Waals surface area contributed by atoms with Gasteiger partial charge < -0.3 is 5.32 Å². The van der Waals surface area contributed by atoms with E-state index >= 15 is 0 Å². The maximum atomic E-state index is 8.90. The number of hydrogen-bond acceptors (Lipinski definition) is 3. The van der Waals surface area contributed by atoms with E-state index in [1.807, 2.05) is 12.1 Å². The first-order chi connectivity index (χ1) is 9.28. The summed E-state index contributed by atoms with van der Waals surface area (Å²) in [6.07, 6.45) is 1.07. The van der Waals surface area contributed by atoms with E-state index in [0.29, 0.717) is 6.04 Å². The molecule has 0 aliphatic rings. The van der Waals surface area contributed by atoms with Crippen molar-refractivity contribution in [3.05, 3.63) is 46.8 Å². The summed E-state index contributed by atoms with van der Waals surface area (Å²) in [5, 5.41) is 12.4. The predicted octanol–water partition coefficient (Wildman–Crippen LogP) is 4.35. The summed E-state index contributed by atoms with van der Waals surface area (Å²) in [7, 11) is 0. The standard InChI is InChI=1S/C16H18N2S/c1-3-15(18-4-2)12-6-5-7-13(10-12)16-9-8-14(11-17)19-16/h5-10,15,18H,3-4H2,1-2H3. The van der Waals surface area contributed by atoms with Crippen molar-refractivity contribution in [1.29, 1.82) is 5.26 Å². The molecule has 0 radical (unpaired) electrons. The normalized spacial score (nSPS) is 12.1. The van der Waals surface area contributed by atoms with Crippen LogP contribution in [-0.2, 0) is 0 Å². The second kappa shape index (κ2) is 6.51. The summed E-state index contributed by atoms with van der Waals surface area (Å²) < 4.78 is 0. The monoisotopic (exact) mass is 270 g/mol. The highest BCUT2D eigenvalue weighted by atomic mass is 32.1. The van der Waals surface area contributed by atoms with E-state index < -0.39 is 0 Å². The largest absolute Gasteiger partial charge is 0.310 e. The summed E-state index contributed by atoms with van der Waals surface area (Å²) in [4.78, 5) is 1.92. The van der Waals surface area contributed by atoms with Gasteiger partial charge in [0, 0.05) is 10.9 Å². The molecule has 0 bridgehead atoms. The number of rotatable bonds is 5. The summed E-state index contributed by atoms with van der Waals surface area (Å²) >= 11 is 1.55. The molecule has 98 valence electrons. The molecule has 1 aromatic carbocycles. The molecular weight excluding hydrogens is 252 g/mol. The topological polar surface area (TPSA) is 35.8 Å². The van der Waals surface area contributed by atoms with Crippen LogP contribution in [0.15, 0.2) is 36.4 Å². The van der Waals surface area contributed by atoms with Crippen molar-refractivity contribution in [2.75, 3.05) is 6.54 Å². The zero-order valence-corrected chi connectivity index (χ0v) is 12.1. The molecule has 0 amide bonds. The first-order valence-electron chi connectivity index (χ1n) is 6.62. The van der Waals surface area contributed by atoms with Crippen LogP contribution in [0.4, 0.5) is 0 Å². The Morgan fingerprint density at radius 1 is 1.26 bits per heavy atom. The SMILES string of the molecule is CCNC(CC)c1cccc(-c2ccc(C#N)s2)c1. The van der Waals surface area contributed by atoms with Gasteiger partial charge in [-0.05, 0) is 42.3 Å². The second-order valence-electron chi connectivity index (χ2n) is 4.42. The van der Waals surface area contributed by atoms with Crippen molar-refractivity contribution in [3.8, 4) is 16.5 Å². The van der Waals surface area contributed by atoms with Crippen LogP contribution >= 0.6 is 11.3 Å². The van der Waals surface area contributed by atoms with Crippen LogP contribution < -0.4 is 5.32 Å². The second-order valence-corrected chi connectivity index (χ2v) is 5.50. The Kier molecular flexibility index (Phi) is 4.73. The Morgan fingerprint density at radius 3 is 2.74 bits per heavy atom. The van der Waals surface area contributed by atoms with Gasteiger partial charge in [-0.15, -0.1) is 11.3 Å². The molecule has 0 fully saturated rings. The van der Waals surface area contributed by atoms with Crippen molar-refractivity contribution in [2.24, 2.45) is 0 Å². The van der Waals surface area contributed by atoms with Crippen molar-refractivity contribution in [1.82, 2.24) is 5.32 Å². The average molecular weight is 270 g/mol. The van der Waals surface area contributed by atoms with Gasteiger partial charge in [-0.1, -0.05) is 32.0 Å². The molecule has 1 atom stereocenters. The van der Waals surface area contributed by atoms with E-state index in [4.69, 9.17) is 5.26 Å². The molecule has 1 N–H and O–H groups in total. The fourth-order valence-electron chi connectivity index (χ4n) is 2.21. The van der Waals surface area contributed by atoms with Crippen molar-refractivity contribution < 1.29 is 0 Å². The van der Waals surface area contributed by atoms with Crippen molar-refractivity contribution >= 4 is 11.3 Å². The highest BCUT2D eigenvalue weighted by Crippen LogP contribution is 2.30. The van der Waals surface area contributed by atoms with Gasteiger partial charge in [-0.2, -0.15) is 5.26 Å². The third kappa shape index (κ3) is 3.23. The first kappa shape index (κ1) is 13.8. The molecule has 0 aliphatic carbocycles. The molecule has 2 aromatic rings. The number of nitrogens with one attached hydrogen (secondary N) is 1. The lowest BCUT2D eigenvalue weighted by atomic mass is 10.0. The summed E-state index contributed by atoms with van der Waals surface area (Å²) in [6, 6.07) is 15.1. The average Bonchev–Trinajstić information content (AvgIpc) is 2.94. The maximum Gasteiger partial charge on any atom is 0.110 e. The minimum atomic E-state index is 0.403. The fraction of sp³-hybridized carbons (Fsp3) is 0.312. The van der Waals surface area contributed by atoms with Gasteiger partial charge in [0.2, 0.25) is 0 Å². The van der Waals surface area contributed by atoms with Crippen LogP contribution in [0, 0.1) is 11.3 Å². The zero-order valence-electron chi connectivity index (χ0n) is 11.3. The minimum Gasteiger partial charge on any atom is -0.310 e. The smallest absolute Gasteiger partial charge is 0.110 e. The zero-order chi connectivity index (χ0) is 13.7. The maximum absolute atomic E-state index is 8.90. The summed E-state index contributed by atoms with van der Waals surface area (Å²) in [6.45, 7) is 5.30. The quantitative estimate of drug-likeness (QED) is 0.877. The van der Waals surface area contributed by atoms with Gasteiger partial charge in [0.15, 0.2) is 0 Å². The number of nitriles is 1. The lowest BCUT2D eigenvalue weighted by molar-refractivity contribution is 0.537. The Hall–Kier alpha value is -1.63. The van der Waals surface area contributed by atoms with E-state index in [-0.39, 0.29) is 0 Å². The van der Waals surface area contributed by atoms with Gasteiger partial charge in [0.05, 0.1) is 0 Å². The van der Waals surface area contributed by atoms with E-state index in [9.17, 15) is 0 Å². The van der Waals surface area contributed by atoms with Gasteiger partial charge in [0.25, 0.3) is 0 Å². The number of nitrogens with zero attached hydrogens (tertiary/aromatic N) is 1. The first-order valence-corrected chi connectivity index (χ1v) is 7.43. The van der Waals surface area contributed by atoms with E-state index in [2.05, 4.69) is 49.5 Å². The molecule has 0 spiro atoms. The highest BCUT2D eigenvalue weighted by Gasteiger charge is 2.09. The van der Waals surface area contributed by atoms with E-state index in [0.717, 1.165) is 22.7 Å². The summed E-state index contributed by atoms with van der Waals surface area (Å²) in [5.41, 5.74) is 2.51. The highest BCUT2D eigenvalue weighted by molar-refractivity contribution is 7.16. The third-order valence-corrected chi connectivity index (χ3v) is 4.19. The Bertz CT molecular complexity index is 580. The number of benzene rings is 1. The minimum absolute atomic E-state index is 0.403. The van der Waals surface area contributed by atoms with Crippen LogP contribution in [0.5, 0.6) is 0 Å². The Labute approximate surface area is 118 Å². The molecule has 19 heavy (non-hydrogen) atoms. The predicted molar refractivity (Wildman–Crippen MR) is 81.2 cm³/mol. The van der Waals surface area contributed by atoms with Crippen molar-refractivity contribution in [3.63, 3.8) is 0 Å². The molecule has 0 saturated heterocycles. The molecule has 0 saturated carbocycles. The van der Waals surface area contributed by atoms with Gasteiger partial charge in [-0.25, -0.2) is 0 Å². The number of hydrogen-bond donors (Lipinski definition) is 1. The van der Waals surface area contributed by atoms with Gasteiger partial charge >= 0.3 is 0 Å². The molecule has 0 aliphatic heterocycles. The Morgan fingerprint density at radius 2 is 2.11 bits per heavy atom. The van der Waals surface area contributed by atoms with Crippen LogP contribution in [0.3, 0.4) is 0 Å². The lowest BCUT2D eigenvalue weighted by Gasteiger charge is -2.16. The van der Waals surface area contributed by atoms with Gasteiger partial charge in [-0.3, -0.25) is 0 Å². The molecule has 2 rings (SSSR count). The van der Waals surface area contributed by atoms with Crippen LogP contribution in [-0.4, -0.2) is 6.54 Å². The molecule has 1 heterocycles. The lowest BCUT2D eigenvalue weighted by Crippen LogP contribution is -2.19. The summed E-state index contributed by atoms with van der Waals surface area (Å²) in [5.74, 6) is 0. The van der Waals surface area contributed by atoms with Gasteiger partial charge in [0.1, 0.15) is 10.9 Å². The molecule has 1 unspecified atom stereocenters. The van der Waals surface area contributed by atoms with Crippen LogP contribution in [0.25, 0.3) is 10.4 Å². The molecule has 3 heteroatoms. The van der Waals surface area contributed by atoms with E-state index in [1.54, 1.807) is 11.3 Å². The Balaban J connectivity index is 2.31. The molecular formula is C16H18N2S. The molecule has 2 nitrogen and oxygen atoms in total. The molecule has 1 aromatic heterocycles. The third-order valence-electron chi connectivity index (χ3n) is 3.15. The fourth-order valence-corrected chi connectivity index (χ4v) is 3.01. The van der Waals surface area contributed by atoms with E-state index in [1.165, 1.54) is 11.1 Å². The number of thiophene rings is 1.